The molecule has 0 bridgehead atoms. The minimum Gasteiger partial charge on any atom is -0.508 e. The highest BCUT2D eigenvalue weighted by molar-refractivity contribution is 7.72. The van der Waals surface area contributed by atoms with Crippen molar-refractivity contribution in [2.45, 2.75) is 4.90 Å². The highest BCUT2D eigenvalue weighted by Gasteiger charge is 2.08. The number of methoxy groups -OCH3 is 1. The van der Waals surface area contributed by atoms with Gasteiger partial charge in [-0.3, -0.25) is 0 Å². The van der Waals surface area contributed by atoms with Crippen LogP contribution in [0.1, 0.15) is 5.56 Å². The number of thiol groups is 1. The van der Waals surface area contributed by atoms with Crippen molar-refractivity contribution in [2.24, 2.45) is 0 Å². The Balaban J connectivity index is 3.41. The van der Waals surface area contributed by atoms with E-state index in [4.69, 9.17) is 4.74 Å². The summed E-state index contributed by atoms with van der Waals surface area (Å²) in [6, 6.07) is 2.49. The van der Waals surface area contributed by atoms with E-state index in [0.717, 1.165) is 0 Å². The molecule has 0 atom stereocenters. The molecule has 1 aromatic carbocycles. The van der Waals surface area contributed by atoms with Crippen molar-refractivity contribution in [3.63, 3.8) is 0 Å². The van der Waals surface area contributed by atoms with Gasteiger partial charge in [-0.05, 0) is 18.6 Å². The molecule has 0 aromatic heterocycles. The summed E-state index contributed by atoms with van der Waals surface area (Å²) in [7, 11) is -1.39. The van der Waals surface area contributed by atoms with Crippen molar-refractivity contribution in [2.75, 3.05) is 7.11 Å². The topological polar surface area (TPSA) is 63.6 Å². The number of phenolic OH excluding ortho intramolecular Hbond substituents is 1. The van der Waals surface area contributed by atoms with E-state index in [-0.39, 0.29) is 22.0 Å². The van der Waals surface area contributed by atoms with Crippen molar-refractivity contribution < 1.29 is 18.3 Å². The molecule has 71 valence electrons. The number of benzene rings is 1. The molecule has 1 N–H and O–H groups in total. The van der Waals surface area contributed by atoms with E-state index in [2.05, 4.69) is 6.92 Å². The molecular weight excluding hydrogens is 192 g/mol. The predicted molar refractivity (Wildman–Crippen MR) is 47.7 cm³/mol. The minimum absolute atomic E-state index is 0.0281. The van der Waals surface area contributed by atoms with Gasteiger partial charge in [0.15, 0.2) is 10.7 Å². The normalized spacial score (nSPS) is 10.4. The molecule has 0 unspecified atom stereocenters. The first kappa shape index (κ1) is 9.85. The lowest BCUT2D eigenvalue weighted by Crippen LogP contribution is -1.91. The van der Waals surface area contributed by atoms with Crippen LogP contribution in [0.5, 0.6) is 11.5 Å². The number of hydrogen-bond acceptors (Lipinski definition) is 4. The Bertz CT molecular complexity index is 387. The van der Waals surface area contributed by atoms with Crippen LogP contribution in [-0.4, -0.2) is 20.6 Å². The van der Waals surface area contributed by atoms with E-state index in [0.29, 0.717) is 0 Å². The highest BCUT2D eigenvalue weighted by Crippen LogP contribution is 2.28. The Labute approximate surface area is 77.7 Å². The monoisotopic (exact) mass is 201 g/mol. The molecule has 0 spiro atoms. The zero-order valence-corrected chi connectivity index (χ0v) is 7.88. The van der Waals surface area contributed by atoms with Crippen LogP contribution in [0, 0.1) is 6.92 Å². The lowest BCUT2D eigenvalue weighted by Gasteiger charge is -2.05. The molecule has 0 saturated heterocycles. The zero-order chi connectivity index (χ0) is 10.0. The fraction of sp³-hybridized carbons (Fsp3) is 0.125. The Morgan fingerprint density at radius 1 is 1.46 bits per heavy atom. The van der Waals surface area contributed by atoms with E-state index in [1.807, 2.05) is 0 Å². The maximum Gasteiger partial charge on any atom is 0.171 e. The van der Waals surface area contributed by atoms with Gasteiger partial charge in [0, 0.05) is 6.07 Å². The molecule has 1 aromatic rings. The van der Waals surface area contributed by atoms with Crippen LogP contribution in [-0.2, 0) is 10.7 Å². The second kappa shape index (κ2) is 3.66. The van der Waals surface area contributed by atoms with Crippen LogP contribution < -0.4 is 4.74 Å². The third-order valence-corrected chi connectivity index (χ3v) is 2.32. The summed E-state index contributed by atoms with van der Waals surface area (Å²) >= 11 is 0. The second-order valence-corrected chi connectivity index (χ2v) is 3.41. The van der Waals surface area contributed by atoms with Crippen molar-refractivity contribution in [1.82, 2.24) is 0 Å². The Morgan fingerprint density at radius 2 is 2.08 bits per heavy atom. The second-order valence-electron chi connectivity index (χ2n) is 2.41. The van der Waals surface area contributed by atoms with Crippen LogP contribution in [0.25, 0.3) is 0 Å². The summed E-state index contributed by atoms with van der Waals surface area (Å²) in [4.78, 5) is 0.0281. The molecule has 0 fully saturated rings. The fourth-order valence-electron chi connectivity index (χ4n) is 0.907. The predicted octanol–water partition coefficient (Wildman–Crippen LogP) is 0.553. The molecule has 0 saturated carbocycles. The van der Waals surface area contributed by atoms with Gasteiger partial charge in [-0.15, -0.1) is 0 Å². The van der Waals surface area contributed by atoms with Gasteiger partial charge in [0.2, 0.25) is 0 Å². The van der Waals surface area contributed by atoms with Gasteiger partial charge in [0.1, 0.15) is 16.4 Å². The molecule has 0 aliphatic rings. The van der Waals surface area contributed by atoms with Gasteiger partial charge in [-0.2, -0.15) is 0 Å². The number of phenols is 1. The molecule has 0 aliphatic heterocycles. The standard InChI is InChI=1S/C8H9O4S/c1-5-3-8(13(10)11)7(12-2)4-6(5)9/h3-4,9,13H,1H2,2H3. The van der Waals surface area contributed by atoms with Crippen LogP contribution in [0.15, 0.2) is 17.0 Å². The number of ether oxygens (including phenoxy) is 1. The molecule has 1 radical (unpaired) electrons. The highest BCUT2D eigenvalue weighted by atomic mass is 32.2. The molecular formula is C8H9O4S. The number of rotatable bonds is 2. The Kier molecular flexibility index (Phi) is 2.77. The van der Waals surface area contributed by atoms with Crippen molar-refractivity contribution in [1.29, 1.82) is 0 Å². The van der Waals surface area contributed by atoms with Crippen LogP contribution in [0.4, 0.5) is 0 Å². The van der Waals surface area contributed by atoms with Gasteiger partial charge in [-0.1, -0.05) is 0 Å². The van der Waals surface area contributed by atoms with Crippen molar-refractivity contribution in [3.05, 3.63) is 24.6 Å². The average molecular weight is 201 g/mol. The first-order valence-corrected chi connectivity index (χ1v) is 4.61. The van der Waals surface area contributed by atoms with E-state index in [1.165, 1.54) is 19.2 Å². The van der Waals surface area contributed by atoms with Crippen LogP contribution in [0.2, 0.25) is 0 Å². The summed E-state index contributed by atoms with van der Waals surface area (Å²) in [5.74, 6) is 0.0402. The van der Waals surface area contributed by atoms with E-state index in [9.17, 15) is 13.5 Å². The molecule has 1 rings (SSSR count). The van der Waals surface area contributed by atoms with Gasteiger partial charge in [-0.25, -0.2) is 8.42 Å². The molecule has 13 heavy (non-hydrogen) atoms. The first-order chi connectivity index (χ1) is 6.06. The SMILES string of the molecule is [CH2]c1cc([SH](=O)=O)c(OC)cc1O. The van der Waals surface area contributed by atoms with Gasteiger partial charge >= 0.3 is 0 Å². The Hall–Kier alpha value is -1.23. The molecule has 4 nitrogen and oxygen atoms in total. The maximum atomic E-state index is 10.7. The maximum absolute atomic E-state index is 10.7. The summed E-state index contributed by atoms with van der Waals surface area (Å²) in [5.41, 5.74) is 0.259. The molecule has 0 heterocycles. The van der Waals surface area contributed by atoms with Crippen LogP contribution >= 0.6 is 0 Å². The molecule has 0 aliphatic carbocycles. The summed E-state index contributed by atoms with van der Waals surface area (Å²) in [6.07, 6.45) is 0. The lowest BCUT2D eigenvalue weighted by atomic mass is 10.2. The summed E-state index contributed by atoms with van der Waals surface area (Å²) in [5, 5.41) is 9.20. The lowest BCUT2D eigenvalue weighted by molar-refractivity contribution is 0.396. The zero-order valence-electron chi connectivity index (χ0n) is 6.98. The largest absolute Gasteiger partial charge is 0.508 e. The number of hydrogen-bond donors (Lipinski definition) is 2. The number of aromatic hydroxyl groups is 1. The van der Waals surface area contributed by atoms with Gasteiger partial charge in [0.05, 0.1) is 7.11 Å². The third-order valence-electron chi connectivity index (χ3n) is 1.58. The van der Waals surface area contributed by atoms with E-state index < -0.39 is 10.7 Å². The smallest absolute Gasteiger partial charge is 0.171 e. The van der Waals surface area contributed by atoms with E-state index in [1.54, 1.807) is 0 Å². The molecule has 5 heteroatoms. The summed E-state index contributed by atoms with van der Waals surface area (Å²) in [6.45, 7) is 3.47. The van der Waals surface area contributed by atoms with Crippen LogP contribution in [0.3, 0.4) is 0 Å². The van der Waals surface area contributed by atoms with Crippen molar-refractivity contribution >= 4 is 10.7 Å². The fourth-order valence-corrected chi connectivity index (χ4v) is 1.50. The van der Waals surface area contributed by atoms with Crippen molar-refractivity contribution in [3.8, 4) is 11.5 Å². The Morgan fingerprint density at radius 3 is 2.54 bits per heavy atom. The minimum atomic E-state index is -2.73. The van der Waals surface area contributed by atoms with Gasteiger partial charge < -0.3 is 9.84 Å². The van der Waals surface area contributed by atoms with Gasteiger partial charge in [0.25, 0.3) is 0 Å². The quantitative estimate of drug-likeness (QED) is 0.686. The molecule has 0 amide bonds. The first-order valence-electron chi connectivity index (χ1n) is 3.43. The average Bonchev–Trinajstić information content (AvgIpc) is 2.08. The summed E-state index contributed by atoms with van der Waals surface area (Å²) < 4.78 is 26.2. The van der Waals surface area contributed by atoms with E-state index >= 15 is 0 Å². The third kappa shape index (κ3) is 1.92.